The fourth-order valence-electron chi connectivity index (χ4n) is 2.96. The van der Waals surface area contributed by atoms with Gasteiger partial charge in [-0.1, -0.05) is 43.0 Å². The van der Waals surface area contributed by atoms with E-state index >= 15 is 0 Å². The third-order valence-electron chi connectivity index (χ3n) is 4.47. The summed E-state index contributed by atoms with van der Waals surface area (Å²) in [4.78, 5) is 21.8. The van der Waals surface area contributed by atoms with Gasteiger partial charge < -0.3 is 5.32 Å². The standard InChI is InChI=1S/C20H20N4OS/c1-3-13(2)21-18(25)12-26-20-23-15-9-5-4-8-14(15)19-22-16-10-6-7-11-17(16)24(19)20/h4-11,13H,3,12H2,1-2H3,(H,21,25). The first-order chi connectivity index (χ1) is 12.7. The van der Waals surface area contributed by atoms with Crippen LogP contribution in [0, 0.1) is 0 Å². The number of rotatable bonds is 5. The summed E-state index contributed by atoms with van der Waals surface area (Å²) in [6, 6.07) is 16.2. The molecular weight excluding hydrogens is 344 g/mol. The van der Waals surface area contributed by atoms with Gasteiger partial charge in [0, 0.05) is 11.4 Å². The van der Waals surface area contributed by atoms with Gasteiger partial charge in [0.2, 0.25) is 5.91 Å². The predicted octanol–water partition coefficient (Wildman–Crippen LogP) is 4.04. The van der Waals surface area contributed by atoms with Crippen molar-refractivity contribution in [1.82, 2.24) is 19.7 Å². The van der Waals surface area contributed by atoms with Gasteiger partial charge >= 0.3 is 0 Å². The van der Waals surface area contributed by atoms with E-state index in [1.165, 1.54) is 11.8 Å². The van der Waals surface area contributed by atoms with Crippen LogP contribution in [0.3, 0.4) is 0 Å². The van der Waals surface area contributed by atoms with Gasteiger partial charge in [0.25, 0.3) is 0 Å². The molecule has 0 aliphatic carbocycles. The Morgan fingerprint density at radius 1 is 1.12 bits per heavy atom. The Bertz CT molecular complexity index is 1110. The van der Waals surface area contributed by atoms with Crippen molar-refractivity contribution in [3.8, 4) is 0 Å². The second-order valence-corrected chi connectivity index (χ2v) is 7.28. The minimum Gasteiger partial charge on any atom is -0.353 e. The molecule has 1 unspecified atom stereocenters. The van der Waals surface area contributed by atoms with E-state index in [1.807, 2.05) is 55.5 Å². The molecule has 2 heterocycles. The van der Waals surface area contributed by atoms with Gasteiger partial charge in [0.15, 0.2) is 5.16 Å². The minimum absolute atomic E-state index is 0.0249. The highest BCUT2D eigenvalue weighted by molar-refractivity contribution is 7.99. The summed E-state index contributed by atoms with van der Waals surface area (Å²) in [5.74, 6) is 0.356. The lowest BCUT2D eigenvalue weighted by atomic mass is 10.2. The molecule has 132 valence electrons. The number of thioether (sulfide) groups is 1. The molecule has 2 aromatic heterocycles. The van der Waals surface area contributed by atoms with E-state index in [2.05, 4.69) is 16.6 Å². The van der Waals surface area contributed by atoms with Gasteiger partial charge in [-0.3, -0.25) is 9.20 Å². The zero-order chi connectivity index (χ0) is 18.1. The fraction of sp³-hybridized carbons (Fsp3) is 0.250. The minimum atomic E-state index is 0.0249. The number of carbonyl (C=O) groups excluding carboxylic acids is 1. The first kappa shape index (κ1) is 16.8. The number of hydrogen-bond donors (Lipinski definition) is 1. The van der Waals surface area contributed by atoms with Crippen molar-refractivity contribution >= 4 is 45.3 Å². The molecule has 1 N–H and O–H groups in total. The van der Waals surface area contributed by atoms with Crippen molar-refractivity contribution < 1.29 is 4.79 Å². The molecule has 0 radical (unpaired) electrons. The van der Waals surface area contributed by atoms with Crippen LogP contribution in [0.4, 0.5) is 0 Å². The van der Waals surface area contributed by atoms with E-state index in [-0.39, 0.29) is 11.9 Å². The molecule has 1 amide bonds. The van der Waals surface area contributed by atoms with Crippen molar-refractivity contribution in [2.24, 2.45) is 0 Å². The van der Waals surface area contributed by atoms with E-state index in [4.69, 9.17) is 9.97 Å². The molecule has 0 spiro atoms. The first-order valence-corrected chi connectivity index (χ1v) is 9.74. The maximum Gasteiger partial charge on any atom is 0.230 e. The van der Waals surface area contributed by atoms with Crippen LogP contribution in [0.15, 0.2) is 53.7 Å². The van der Waals surface area contributed by atoms with E-state index < -0.39 is 0 Å². The Morgan fingerprint density at radius 2 is 1.85 bits per heavy atom. The summed E-state index contributed by atoms with van der Waals surface area (Å²) >= 11 is 1.44. The molecule has 2 aromatic carbocycles. The number of amides is 1. The molecule has 0 saturated heterocycles. The van der Waals surface area contributed by atoms with E-state index in [9.17, 15) is 4.79 Å². The molecule has 0 saturated carbocycles. The highest BCUT2D eigenvalue weighted by Crippen LogP contribution is 2.28. The molecule has 0 aliphatic rings. The van der Waals surface area contributed by atoms with Gasteiger partial charge in [-0.2, -0.15) is 0 Å². The molecule has 0 bridgehead atoms. The van der Waals surface area contributed by atoms with Crippen molar-refractivity contribution in [3.05, 3.63) is 48.5 Å². The highest BCUT2D eigenvalue weighted by atomic mass is 32.2. The lowest BCUT2D eigenvalue weighted by Crippen LogP contribution is -2.33. The number of imidazole rings is 1. The maximum atomic E-state index is 12.2. The number of benzene rings is 2. The summed E-state index contributed by atoms with van der Waals surface area (Å²) in [6.45, 7) is 4.07. The molecule has 1 atom stereocenters. The smallest absolute Gasteiger partial charge is 0.230 e. The second kappa shape index (κ2) is 6.96. The van der Waals surface area contributed by atoms with Gasteiger partial charge in [-0.05, 0) is 37.6 Å². The Balaban J connectivity index is 1.80. The van der Waals surface area contributed by atoms with Crippen LogP contribution in [0.1, 0.15) is 20.3 Å². The Hall–Kier alpha value is -2.60. The topological polar surface area (TPSA) is 59.3 Å². The maximum absolute atomic E-state index is 12.2. The Labute approximate surface area is 155 Å². The second-order valence-electron chi connectivity index (χ2n) is 6.34. The van der Waals surface area contributed by atoms with Crippen LogP contribution in [0.2, 0.25) is 0 Å². The van der Waals surface area contributed by atoms with E-state index in [0.717, 1.165) is 39.2 Å². The van der Waals surface area contributed by atoms with Gasteiger partial charge in [-0.15, -0.1) is 0 Å². The molecule has 26 heavy (non-hydrogen) atoms. The van der Waals surface area contributed by atoms with Crippen LogP contribution in [0.5, 0.6) is 0 Å². The molecule has 5 nitrogen and oxygen atoms in total. The van der Waals surface area contributed by atoms with Gasteiger partial charge in [-0.25, -0.2) is 9.97 Å². The number of hydrogen-bond acceptors (Lipinski definition) is 4. The molecule has 4 aromatic rings. The third-order valence-corrected chi connectivity index (χ3v) is 5.40. The van der Waals surface area contributed by atoms with Crippen molar-refractivity contribution in [1.29, 1.82) is 0 Å². The monoisotopic (exact) mass is 364 g/mol. The number of nitrogens with zero attached hydrogens (tertiary/aromatic N) is 3. The average Bonchev–Trinajstić information content (AvgIpc) is 3.06. The van der Waals surface area contributed by atoms with Crippen LogP contribution in [-0.2, 0) is 4.79 Å². The lowest BCUT2D eigenvalue weighted by molar-refractivity contribution is -0.119. The largest absolute Gasteiger partial charge is 0.353 e. The highest BCUT2D eigenvalue weighted by Gasteiger charge is 2.15. The summed E-state index contributed by atoms with van der Waals surface area (Å²) in [5, 5.41) is 4.80. The summed E-state index contributed by atoms with van der Waals surface area (Å²) in [7, 11) is 0. The number of carbonyl (C=O) groups is 1. The normalized spacial score (nSPS) is 12.7. The van der Waals surface area contributed by atoms with Crippen LogP contribution < -0.4 is 5.32 Å². The zero-order valence-electron chi connectivity index (χ0n) is 14.8. The number of aromatic nitrogens is 3. The molecular formula is C20H20N4OS. The van der Waals surface area contributed by atoms with Crippen LogP contribution in [-0.4, -0.2) is 32.1 Å². The summed E-state index contributed by atoms with van der Waals surface area (Å²) in [6.07, 6.45) is 0.918. The quantitative estimate of drug-likeness (QED) is 0.429. The lowest BCUT2D eigenvalue weighted by Gasteiger charge is -2.12. The summed E-state index contributed by atoms with van der Waals surface area (Å²) in [5.41, 5.74) is 3.70. The fourth-order valence-corrected chi connectivity index (χ4v) is 3.78. The first-order valence-electron chi connectivity index (χ1n) is 8.75. The Morgan fingerprint density at radius 3 is 2.65 bits per heavy atom. The SMILES string of the molecule is CCC(C)NC(=O)CSc1nc2ccccc2c2nc3ccccc3n12. The van der Waals surface area contributed by atoms with Crippen molar-refractivity contribution in [2.45, 2.75) is 31.5 Å². The number of nitrogens with one attached hydrogen (secondary N) is 1. The Kier molecular flexibility index (Phi) is 4.51. The van der Waals surface area contributed by atoms with E-state index in [1.54, 1.807) is 0 Å². The summed E-state index contributed by atoms with van der Waals surface area (Å²) < 4.78 is 2.05. The molecule has 0 fully saturated rings. The van der Waals surface area contributed by atoms with Gasteiger partial charge in [0.05, 0.1) is 22.3 Å². The van der Waals surface area contributed by atoms with Crippen LogP contribution >= 0.6 is 11.8 Å². The molecule has 0 aliphatic heterocycles. The number of fused-ring (bicyclic) bond motifs is 5. The van der Waals surface area contributed by atoms with Crippen molar-refractivity contribution in [3.63, 3.8) is 0 Å². The van der Waals surface area contributed by atoms with Crippen molar-refractivity contribution in [2.75, 3.05) is 5.75 Å². The molecule has 4 rings (SSSR count). The van der Waals surface area contributed by atoms with Crippen LogP contribution in [0.25, 0.3) is 27.6 Å². The predicted molar refractivity (Wildman–Crippen MR) is 107 cm³/mol. The third kappa shape index (κ3) is 3.01. The zero-order valence-corrected chi connectivity index (χ0v) is 15.6. The number of para-hydroxylation sites is 3. The molecule has 6 heteroatoms. The van der Waals surface area contributed by atoms with Gasteiger partial charge in [0.1, 0.15) is 5.65 Å². The van der Waals surface area contributed by atoms with E-state index in [0.29, 0.717) is 5.75 Å². The average molecular weight is 364 g/mol.